The van der Waals surface area contributed by atoms with Crippen LogP contribution in [0.4, 0.5) is 0 Å². The van der Waals surface area contributed by atoms with Gasteiger partial charge in [-0.05, 0) is 38.4 Å². The van der Waals surface area contributed by atoms with Gasteiger partial charge in [0.1, 0.15) is 0 Å². The van der Waals surface area contributed by atoms with Crippen molar-refractivity contribution in [3.8, 4) is 0 Å². The number of hydrogen-bond donors (Lipinski definition) is 2. The van der Waals surface area contributed by atoms with E-state index in [1.54, 1.807) is 12.1 Å². The second-order valence-electron chi connectivity index (χ2n) is 6.63. The van der Waals surface area contributed by atoms with E-state index in [1.807, 2.05) is 12.1 Å². The molecule has 1 fully saturated rings. The van der Waals surface area contributed by atoms with E-state index in [9.17, 15) is 9.59 Å². The largest absolute Gasteiger partial charge is 0.348 e. The normalized spacial score (nSPS) is 15.4. The molecule has 0 radical (unpaired) electrons. The first-order valence-corrected chi connectivity index (χ1v) is 9.22. The molecule has 3 rings (SSSR count). The monoisotopic (exact) mass is 342 g/mol. The minimum Gasteiger partial charge on any atom is -0.348 e. The molecule has 0 spiro atoms. The number of carbonyl (C=O) groups excluding carboxylic acids is 1. The van der Waals surface area contributed by atoms with Gasteiger partial charge in [-0.3, -0.25) is 9.59 Å². The van der Waals surface area contributed by atoms with Crippen LogP contribution >= 0.6 is 0 Å². The topological polar surface area (TPSA) is 76.0 Å². The van der Waals surface area contributed by atoms with Gasteiger partial charge < -0.3 is 10.6 Å². The number of carbonyl (C=O) groups is 1. The lowest BCUT2D eigenvalue weighted by Crippen LogP contribution is -2.43. The summed E-state index contributed by atoms with van der Waals surface area (Å²) in [5.74, 6) is -0.188. The molecule has 1 aromatic carbocycles. The maximum absolute atomic E-state index is 12.8. The molecule has 1 saturated heterocycles. The molecule has 0 aliphatic carbocycles. The lowest BCUT2D eigenvalue weighted by atomic mass is 10.1. The van der Waals surface area contributed by atoms with Crippen LogP contribution < -0.4 is 16.2 Å². The van der Waals surface area contributed by atoms with Crippen molar-refractivity contribution in [3.63, 3.8) is 0 Å². The minimum absolute atomic E-state index is 0.120. The number of amides is 1. The van der Waals surface area contributed by atoms with E-state index in [4.69, 9.17) is 0 Å². The Balaban J connectivity index is 1.93. The van der Waals surface area contributed by atoms with Crippen LogP contribution in [0.2, 0.25) is 0 Å². The Morgan fingerprint density at radius 3 is 2.68 bits per heavy atom. The molecule has 2 heterocycles. The lowest BCUT2D eigenvalue weighted by molar-refractivity contribution is 0.0924. The Bertz CT molecular complexity index is 794. The molecule has 1 aliphatic heterocycles. The number of rotatable bonds is 6. The number of benzene rings is 1. The Morgan fingerprint density at radius 1 is 1.24 bits per heavy atom. The number of aromatic nitrogens is 2. The maximum Gasteiger partial charge on any atom is 0.274 e. The van der Waals surface area contributed by atoms with Crippen LogP contribution in [-0.4, -0.2) is 34.8 Å². The van der Waals surface area contributed by atoms with Gasteiger partial charge in [0.2, 0.25) is 0 Å². The van der Waals surface area contributed by atoms with Gasteiger partial charge in [0.15, 0.2) is 5.69 Å². The third-order valence-corrected chi connectivity index (χ3v) is 4.73. The highest BCUT2D eigenvalue weighted by molar-refractivity contribution is 6.04. The van der Waals surface area contributed by atoms with Crippen molar-refractivity contribution in [2.45, 2.75) is 51.6 Å². The Kier molecular flexibility index (Phi) is 5.81. The molecule has 1 aromatic heterocycles. The number of nitrogens with zero attached hydrogens (tertiary/aromatic N) is 2. The van der Waals surface area contributed by atoms with Crippen LogP contribution in [0.5, 0.6) is 0 Å². The van der Waals surface area contributed by atoms with Gasteiger partial charge in [0.05, 0.1) is 5.39 Å². The molecule has 0 bridgehead atoms. The summed E-state index contributed by atoms with van der Waals surface area (Å²) in [4.78, 5) is 25.5. The first-order chi connectivity index (χ1) is 12.2. The van der Waals surface area contributed by atoms with E-state index in [2.05, 4.69) is 22.7 Å². The fourth-order valence-electron chi connectivity index (χ4n) is 3.29. The quantitative estimate of drug-likeness (QED) is 0.788. The summed E-state index contributed by atoms with van der Waals surface area (Å²) in [6.07, 6.45) is 4.83. The molecular formula is C19H26N4O2. The molecule has 6 heteroatoms. The molecule has 0 saturated carbocycles. The Hall–Kier alpha value is -2.21. The molecule has 134 valence electrons. The van der Waals surface area contributed by atoms with E-state index in [1.165, 1.54) is 4.68 Å². The minimum atomic E-state index is -0.188. The highest BCUT2D eigenvalue weighted by Crippen LogP contribution is 2.14. The van der Waals surface area contributed by atoms with Gasteiger partial charge in [0.25, 0.3) is 11.5 Å². The molecule has 25 heavy (non-hydrogen) atoms. The van der Waals surface area contributed by atoms with Crippen LogP contribution in [0.3, 0.4) is 0 Å². The van der Waals surface area contributed by atoms with Crippen LogP contribution in [0, 0.1) is 0 Å². The molecule has 2 N–H and O–H groups in total. The first kappa shape index (κ1) is 17.6. The zero-order valence-corrected chi connectivity index (χ0v) is 14.8. The number of fused-ring (bicyclic) bond motifs is 1. The second-order valence-corrected chi connectivity index (χ2v) is 6.63. The zero-order valence-electron chi connectivity index (χ0n) is 14.8. The molecule has 1 amide bonds. The maximum atomic E-state index is 12.8. The average molecular weight is 342 g/mol. The summed E-state index contributed by atoms with van der Waals surface area (Å²) in [7, 11) is 0. The Morgan fingerprint density at radius 2 is 1.96 bits per heavy atom. The van der Waals surface area contributed by atoms with Gasteiger partial charge in [-0.1, -0.05) is 38.0 Å². The zero-order chi connectivity index (χ0) is 17.6. The summed E-state index contributed by atoms with van der Waals surface area (Å²) < 4.78 is 1.45. The summed E-state index contributed by atoms with van der Waals surface area (Å²) in [5.41, 5.74) is 0.232. The smallest absolute Gasteiger partial charge is 0.274 e. The van der Waals surface area contributed by atoms with Crippen molar-refractivity contribution in [1.29, 1.82) is 0 Å². The second kappa shape index (κ2) is 8.25. The van der Waals surface area contributed by atoms with Crippen molar-refractivity contribution in [2.75, 3.05) is 13.1 Å². The van der Waals surface area contributed by atoms with Crippen molar-refractivity contribution in [2.24, 2.45) is 0 Å². The van der Waals surface area contributed by atoms with E-state index in [-0.39, 0.29) is 17.5 Å². The van der Waals surface area contributed by atoms with E-state index in [0.29, 0.717) is 23.0 Å². The van der Waals surface area contributed by atoms with E-state index < -0.39 is 0 Å². The van der Waals surface area contributed by atoms with E-state index >= 15 is 0 Å². The highest BCUT2D eigenvalue weighted by Gasteiger charge is 2.20. The van der Waals surface area contributed by atoms with Crippen LogP contribution in [0.15, 0.2) is 29.1 Å². The fraction of sp³-hybridized carbons (Fsp3) is 0.526. The molecule has 2 aromatic rings. The van der Waals surface area contributed by atoms with Crippen LogP contribution in [0.1, 0.15) is 49.5 Å². The highest BCUT2D eigenvalue weighted by atomic mass is 16.2. The molecular weight excluding hydrogens is 316 g/mol. The Labute approximate surface area is 147 Å². The third-order valence-electron chi connectivity index (χ3n) is 4.73. The van der Waals surface area contributed by atoms with E-state index in [0.717, 1.165) is 45.2 Å². The predicted molar refractivity (Wildman–Crippen MR) is 98.9 cm³/mol. The van der Waals surface area contributed by atoms with Gasteiger partial charge in [-0.2, -0.15) is 5.10 Å². The third kappa shape index (κ3) is 4.07. The van der Waals surface area contributed by atoms with Crippen molar-refractivity contribution in [3.05, 3.63) is 40.3 Å². The van der Waals surface area contributed by atoms with Gasteiger partial charge in [-0.25, -0.2) is 4.68 Å². The first-order valence-electron chi connectivity index (χ1n) is 9.22. The van der Waals surface area contributed by atoms with Gasteiger partial charge in [0, 0.05) is 18.0 Å². The average Bonchev–Trinajstić information content (AvgIpc) is 2.64. The number of nitrogens with one attached hydrogen (secondary N) is 2. The van der Waals surface area contributed by atoms with Crippen LogP contribution in [-0.2, 0) is 6.54 Å². The molecule has 0 unspecified atom stereocenters. The summed E-state index contributed by atoms with van der Waals surface area (Å²) >= 11 is 0. The fourth-order valence-corrected chi connectivity index (χ4v) is 3.29. The summed E-state index contributed by atoms with van der Waals surface area (Å²) in [6, 6.07) is 7.41. The SMILES string of the molecule is CCCCCn1nc(C(=O)NC2CCNCC2)c2ccccc2c1=O. The predicted octanol–water partition coefficient (Wildman–Crippen LogP) is 2.07. The van der Waals surface area contributed by atoms with Gasteiger partial charge >= 0.3 is 0 Å². The summed E-state index contributed by atoms with van der Waals surface area (Å²) in [6.45, 7) is 4.49. The molecule has 0 atom stereocenters. The van der Waals surface area contributed by atoms with Crippen molar-refractivity contribution < 1.29 is 4.79 Å². The van der Waals surface area contributed by atoms with Gasteiger partial charge in [-0.15, -0.1) is 0 Å². The number of hydrogen-bond acceptors (Lipinski definition) is 4. The van der Waals surface area contributed by atoms with Crippen molar-refractivity contribution in [1.82, 2.24) is 20.4 Å². The standard InChI is InChI=1S/C19H26N4O2/c1-2-3-6-13-23-19(25)16-8-5-4-7-15(16)17(22-23)18(24)21-14-9-11-20-12-10-14/h4-5,7-8,14,20H,2-3,6,9-13H2,1H3,(H,21,24). The van der Waals surface area contributed by atoms with Crippen LogP contribution in [0.25, 0.3) is 10.8 Å². The number of piperidine rings is 1. The molecule has 6 nitrogen and oxygen atoms in total. The lowest BCUT2D eigenvalue weighted by Gasteiger charge is -2.23. The summed E-state index contributed by atoms with van der Waals surface area (Å²) in [5, 5.41) is 12.0. The number of unbranched alkanes of at least 4 members (excludes halogenated alkanes) is 2. The number of aryl methyl sites for hydroxylation is 1. The molecule has 1 aliphatic rings. The van der Waals surface area contributed by atoms with Crippen molar-refractivity contribution >= 4 is 16.7 Å².